The Kier molecular flexibility index (Phi) is 4.63. The molecule has 0 atom stereocenters. The molecule has 0 amide bonds. The summed E-state index contributed by atoms with van der Waals surface area (Å²) in [5, 5.41) is 0.730. The third-order valence-electron chi connectivity index (χ3n) is 3.27. The van der Waals surface area contributed by atoms with Crippen LogP contribution in [0.5, 0.6) is 0 Å². The van der Waals surface area contributed by atoms with Gasteiger partial charge >= 0.3 is 0 Å². The first-order chi connectivity index (χ1) is 8.31. The summed E-state index contributed by atoms with van der Waals surface area (Å²) in [5.74, 6) is 0.922. The van der Waals surface area contributed by atoms with Gasteiger partial charge in [-0.15, -0.1) is 0 Å². The number of nitrogens with zero attached hydrogens (tertiary/aromatic N) is 2. The molecule has 94 valence electrons. The summed E-state index contributed by atoms with van der Waals surface area (Å²) in [6.07, 6.45) is 8.29. The molecule has 0 unspecified atom stereocenters. The lowest BCUT2D eigenvalue weighted by Crippen LogP contribution is -2.28. The Hall–Kier alpha value is -0.800. The molecule has 1 aliphatic heterocycles. The molecule has 3 nitrogen and oxygen atoms in total. The zero-order valence-corrected chi connectivity index (χ0v) is 10.9. The average Bonchev–Trinajstić information content (AvgIpc) is 2.29. The fourth-order valence-electron chi connectivity index (χ4n) is 2.27. The van der Waals surface area contributed by atoms with E-state index in [1.165, 1.54) is 32.1 Å². The first kappa shape index (κ1) is 12.7. The quantitative estimate of drug-likeness (QED) is 0.881. The van der Waals surface area contributed by atoms with E-state index in [0.29, 0.717) is 6.54 Å². The molecule has 0 saturated carbocycles. The van der Waals surface area contributed by atoms with Gasteiger partial charge in [-0.05, 0) is 24.5 Å². The first-order valence-corrected chi connectivity index (χ1v) is 6.78. The normalized spacial score (nSPS) is 17.6. The van der Waals surface area contributed by atoms with E-state index in [9.17, 15) is 0 Å². The van der Waals surface area contributed by atoms with E-state index in [2.05, 4.69) is 9.88 Å². The van der Waals surface area contributed by atoms with E-state index in [-0.39, 0.29) is 0 Å². The van der Waals surface area contributed by atoms with Crippen molar-refractivity contribution in [2.24, 2.45) is 5.73 Å². The lowest BCUT2D eigenvalue weighted by atomic mass is 10.1. The van der Waals surface area contributed by atoms with Crippen LogP contribution in [0.3, 0.4) is 0 Å². The second-order valence-corrected chi connectivity index (χ2v) is 5.02. The molecule has 2 rings (SSSR count). The third kappa shape index (κ3) is 3.33. The zero-order valence-electron chi connectivity index (χ0n) is 10.2. The van der Waals surface area contributed by atoms with E-state index in [0.717, 1.165) is 29.5 Å². The fraction of sp³-hybridized carbons (Fsp3) is 0.615. The molecule has 0 spiro atoms. The van der Waals surface area contributed by atoms with Crippen molar-refractivity contribution < 1.29 is 0 Å². The summed E-state index contributed by atoms with van der Waals surface area (Å²) in [6, 6.07) is 1.93. The Morgan fingerprint density at radius 3 is 2.41 bits per heavy atom. The van der Waals surface area contributed by atoms with Crippen molar-refractivity contribution in [3.63, 3.8) is 0 Å². The molecule has 2 heterocycles. The maximum absolute atomic E-state index is 6.28. The van der Waals surface area contributed by atoms with Crippen LogP contribution in [-0.2, 0) is 6.54 Å². The van der Waals surface area contributed by atoms with Crippen LogP contribution in [0.15, 0.2) is 12.3 Å². The number of hydrogen-bond acceptors (Lipinski definition) is 3. The summed E-state index contributed by atoms with van der Waals surface area (Å²) >= 11 is 6.28. The van der Waals surface area contributed by atoms with Crippen molar-refractivity contribution in [3.8, 4) is 0 Å². The van der Waals surface area contributed by atoms with Gasteiger partial charge in [-0.1, -0.05) is 30.9 Å². The number of anilines is 1. The molecule has 0 bridgehead atoms. The molecule has 1 aliphatic rings. The summed E-state index contributed by atoms with van der Waals surface area (Å²) in [6.45, 7) is 2.62. The second-order valence-electron chi connectivity index (χ2n) is 4.61. The standard InChI is InChI=1S/C13H20ClN3/c14-12-8-11(9-15)10-16-13(12)17-6-4-2-1-3-5-7-17/h8,10H,1-7,9,15H2. The van der Waals surface area contributed by atoms with E-state index in [1.54, 1.807) is 0 Å². The molecule has 17 heavy (non-hydrogen) atoms. The molecule has 0 aliphatic carbocycles. The monoisotopic (exact) mass is 253 g/mol. The van der Waals surface area contributed by atoms with Crippen LogP contribution < -0.4 is 10.6 Å². The highest BCUT2D eigenvalue weighted by molar-refractivity contribution is 6.33. The molecular formula is C13H20ClN3. The minimum absolute atomic E-state index is 0.493. The smallest absolute Gasteiger partial charge is 0.147 e. The number of halogens is 1. The largest absolute Gasteiger partial charge is 0.355 e. The van der Waals surface area contributed by atoms with Crippen LogP contribution in [0.1, 0.15) is 37.7 Å². The number of pyridine rings is 1. The van der Waals surface area contributed by atoms with Gasteiger partial charge in [0.25, 0.3) is 0 Å². The van der Waals surface area contributed by atoms with E-state index in [4.69, 9.17) is 17.3 Å². The number of aromatic nitrogens is 1. The molecule has 4 heteroatoms. The Labute approximate surface area is 108 Å². The minimum Gasteiger partial charge on any atom is -0.355 e. The van der Waals surface area contributed by atoms with Crippen LogP contribution in [0.25, 0.3) is 0 Å². The van der Waals surface area contributed by atoms with Crippen molar-refractivity contribution in [3.05, 3.63) is 22.8 Å². The summed E-state index contributed by atoms with van der Waals surface area (Å²) < 4.78 is 0. The zero-order chi connectivity index (χ0) is 12.1. The van der Waals surface area contributed by atoms with Gasteiger partial charge in [0.05, 0.1) is 5.02 Å². The molecule has 1 fully saturated rings. The number of hydrogen-bond donors (Lipinski definition) is 1. The fourth-order valence-corrected chi connectivity index (χ4v) is 2.58. The summed E-state index contributed by atoms with van der Waals surface area (Å²) in [4.78, 5) is 6.77. The van der Waals surface area contributed by atoms with Crippen molar-refractivity contribution in [1.82, 2.24) is 4.98 Å². The average molecular weight is 254 g/mol. The lowest BCUT2D eigenvalue weighted by molar-refractivity contribution is 0.554. The van der Waals surface area contributed by atoms with E-state index in [1.807, 2.05) is 12.3 Å². The second kappa shape index (κ2) is 6.22. The van der Waals surface area contributed by atoms with Crippen LogP contribution in [0, 0.1) is 0 Å². The highest BCUT2D eigenvalue weighted by Gasteiger charge is 2.13. The molecule has 1 saturated heterocycles. The molecule has 1 aromatic heterocycles. The minimum atomic E-state index is 0.493. The summed E-state index contributed by atoms with van der Waals surface area (Å²) in [5.41, 5.74) is 6.57. The highest BCUT2D eigenvalue weighted by atomic mass is 35.5. The van der Waals surface area contributed by atoms with E-state index < -0.39 is 0 Å². The topological polar surface area (TPSA) is 42.1 Å². The van der Waals surface area contributed by atoms with Gasteiger partial charge in [0, 0.05) is 25.8 Å². The number of rotatable bonds is 2. The Bertz CT molecular complexity index is 360. The Morgan fingerprint density at radius 1 is 1.18 bits per heavy atom. The van der Waals surface area contributed by atoms with Crippen molar-refractivity contribution in [2.75, 3.05) is 18.0 Å². The van der Waals surface area contributed by atoms with Crippen LogP contribution >= 0.6 is 11.6 Å². The maximum Gasteiger partial charge on any atom is 0.147 e. The van der Waals surface area contributed by atoms with Gasteiger partial charge in [0.1, 0.15) is 5.82 Å². The molecule has 2 N–H and O–H groups in total. The van der Waals surface area contributed by atoms with Crippen LogP contribution in [0.4, 0.5) is 5.82 Å². The Balaban J connectivity index is 2.13. The molecular weight excluding hydrogens is 234 g/mol. The van der Waals surface area contributed by atoms with Gasteiger partial charge in [-0.25, -0.2) is 4.98 Å². The van der Waals surface area contributed by atoms with Crippen molar-refractivity contribution >= 4 is 17.4 Å². The highest BCUT2D eigenvalue weighted by Crippen LogP contribution is 2.26. The number of nitrogens with two attached hydrogens (primary N) is 1. The predicted molar refractivity (Wildman–Crippen MR) is 72.4 cm³/mol. The molecule has 1 aromatic rings. The Morgan fingerprint density at radius 2 is 1.82 bits per heavy atom. The van der Waals surface area contributed by atoms with Crippen LogP contribution in [-0.4, -0.2) is 18.1 Å². The van der Waals surface area contributed by atoms with Gasteiger partial charge in [-0.3, -0.25) is 0 Å². The lowest BCUT2D eigenvalue weighted by Gasteiger charge is -2.26. The molecule has 0 radical (unpaired) electrons. The maximum atomic E-state index is 6.28. The van der Waals surface area contributed by atoms with E-state index >= 15 is 0 Å². The van der Waals surface area contributed by atoms with Crippen molar-refractivity contribution in [2.45, 2.75) is 38.6 Å². The van der Waals surface area contributed by atoms with Gasteiger partial charge in [0.15, 0.2) is 0 Å². The third-order valence-corrected chi connectivity index (χ3v) is 3.55. The van der Waals surface area contributed by atoms with Crippen LogP contribution in [0.2, 0.25) is 5.02 Å². The summed E-state index contributed by atoms with van der Waals surface area (Å²) in [7, 11) is 0. The van der Waals surface area contributed by atoms with Gasteiger partial charge in [0.2, 0.25) is 0 Å². The van der Waals surface area contributed by atoms with Crippen molar-refractivity contribution in [1.29, 1.82) is 0 Å². The molecule has 0 aromatic carbocycles. The predicted octanol–water partition coefficient (Wildman–Crippen LogP) is 2.96. The first-order valence-electron chi connectivity index (χ1n) is 6.40. The van der Waals surface area contributed by atoms with Gasteiger partial charge in [-0.2, -0.15) is 0 Å². The van der Waals surface area contributed by atoms with Gasteiger partial charge < -0.3 is 10.6 Å². The SMILES string of the molecule is NCc1cnc(N2CCCCCCC2)c(Cl)c1.